The summed E-state index contributed by atoms with van der Waals surface area (Å²) in [6, 6.07) is 0. The molecule has 1 aliphatic rings. The van der Waals surface area contributed by atoms with E-state index in [4.69, 9.17) is 0 Å². The molecule has 25 heavy (non-hydrogen) atoms. The van der Waals surface area contributed by atoms with Gasteiger partial charge in [0.2, 0.25) is 5.91 Å². The van der Waals surface area contributed by atoms with E-state index in [9.17, 15) is 9.90 Å². The molecular formula is C22H41NO2. The number of unbranched alkanes of at least 4 members (excludes halogenated alkanes) is 8. The number of hydrogen-bond donors (Lipinski definition) is 1. The molecule has 1 amide bonds. The average molecular weight is 352 g/mol. The van der Waals surface area contributed by atoms with Gasteiger partial charge in [0.15, 0.2) is 0 Å². The predicted octanol–water partition coefficient (Wildman–Crippen LogP) is 5.82. The summed E-state index contributed by atoms with van der Waals surface area (Å²) in [4.78, 5) is 13.3. The summed E-state index contributed by atoms with van der Waals surface area (Å²) in [6.07, 6.45) is 20.8. The summed E-state index contributed by atoms with van der Waals surface area (Å²) in [5, 5.41) is 9.79. The lowest BCUT2D eigenvalue weighted by Gasteiger charge is -2.22. The Hall–Kier alpha value is -0.830. The lowest BCUT2D eigenvalue weighted by atomic mass is 9.90. The Bertz CT molecular complexity index is 367. The van der Waals surface area contributed by atoms with Crippen LogP contribution >= 0.6 is 0 Å². The number of nitrogens with zero attached hydrogens (tertiary/aromatic N) is 1. The summed E-state index contributed by atoms with van der Waals surface area (Å²) in [5.74, 6) is 0.758. The van der Waals surface area contributed by atoms with Gasteiger partial charge in [-0.25, -0.2) is 0 Å². The molecular weight excluding hydrogens is 310 g/mol. The van der Waals surface area contributed by atoms with Crippen molar-refractivity contribution in [3.05, 3.63) is 12.2 Å². The summed E-state index contributed by atoms with van der Waals surface area (Å²) in [7, 11) is 0. The van der Waals surface area contributed by atoms with E-state index >= 15 is 0 Å². The van der Waals surface area contributed by atoms with Gasteiger partial charge >= 0.3 is 0 Å². The minimum absolute atomic E-state index is 0.0390. The first kappa shape index (κ1) is 22.2. The van der Waals surface area contributed by atoms with E-state index in [0.717, 1.165) is 12.3 Å². The minimum atomic E-state index is -0.700. The number of aliphatic hydroxyl groups excluding tert-OH is 1. The van der Waals surface area contributed by atoms with Crippen molar-refractivity contribution in [3.8, 4) is 0 Å². The molecule has 0 saturated carbocycles. The maximum atomic E-state index is 11.7. The van der Waals surface area contributed by atoms with Crippen LogP contribution < -0.4 is 0 Å². The summed E-state index contributed by atoms with van der Waals surface area (Å²) < 4.78 is 0. The highest BCUT2D eigenvalue weighted by molar-refractivity contribution is 5.90. The van der Waals surface area contributed by atoms with Crippen LogP contribution in [0.25, 0.3) is 0 Å². The highest BCUT2D eigenvalue weighted by atomic mass is 16.3. The summed E-state index contributed by atoms with van der Waals surface area (Å²) in [6.45, 7) is 5.22. The van der Waals surface area contributed by atoms with E-state index in [1.165, 1.54) is 89.5 Å². The number of aliphatic hydroxyl groups is 1. The van der Waals surface area contributed by atoms with Crippen LogP contribution in [0.4, 0.5) is 0 Å². The second-order valence-electron chi connectivity index (χ2n) is 7.72. The minimum Gasteiger partial charge on any atom is -0.370 e. The SMILES string of the molecule is CCCCCCCCC(CCCCCC)CCCN1C(=O)C=CC1O. The van der Waals surface area contributed by atoms with E-state index in [2.05, 4.69) is 13.8 Å². The normalized spacial score (nSPS) is 18.3. The zero-order valence-corrected chi connectivity index (χ0v) is 16.7. The van der Waals surface area contributed by atoms with Crippen molar-refractivity contribution in [2.75, 3.05) is 6.54 Å². The average Bonchev–Trinajstić information content (AvgIpc) is 2.92. The topological polar surface area (TPSA) is 40.5 Å². The number of hydrogen-bond acceptors (Lipinski definition) is 2. The Labute approximate surface area is 155 Å². The van der Waals surface area contributed by atoms with Gasteiger partial charge in [0.1, 0.15) is 6.23 Å². The maximum Gasteiger partial charge on any atom is 0.248 e. The van der Waals surface area contributed by atoms with E-state index in [1.54, 1.807) is 11.0 Å². The molecule has 2 unspecified atom stereocenters. The van der Waals surface area contributed by atoms with Crippen molar-refractivity contribution in [1.82, 2.24) is 4.90 Å². The van der Waals surface area contributed by atoms with Gasteiger partial charge in [-0.3, -0.25) is 4.79 Å². The molecule has 1 rings (SSSR count). The molecule has 0 aromatic rings. The third kappa shape index (κ3) is 10.0. The molecule has 3 nitrogen and oxygen atoms in total. The number of carbonyl (C=O) groups excluding carboxylic acids is 1. The quantitative estimate of drug-likeness (QED) is 0.356. The third-order valence-corrected chi connectivity index (χ3v) is 5.46. The van der Waals surface area contributed by atoms with Gasteiger partial charge in [0.05, 0.1) is 0 Å². The van der Waals surface area contributed by atoms with Gasteiger partial charge < -0.3 is 10.0 Å². The van der Waals surface area contributed by atoms with Gasteiger partial charge in [0, 0.05) is 12.6 Å². The second-order valence-corrected chi connectivity index (χ2v) is 7.72. The van der Waals surface area contributed by atoms with Crippen LogP contribution in [0.1, 0.15) is 104 Å². The van der Waals surface area contributed by atoms with E-state index in [1.807, 2.05) is 0 Å². The third-order valence-electron chi connectivity index (χ3n) is 5.46. The first-order valence-corrected chi connectivity index (χ1v) is 10.9. The highest BCUT2D eigenvalue weighted by Gasteiger charge is 2.23. The molecule has 1 heterocycles. The Morgan fingerprint density at radius 2 is 1.40 bits per heavy atom. The molecule has 0 saturated heterocycles. The predicted molar refractivity (Wildman–Crippen MR) is 106 cm³/mol. The Kier molecular flexibility index (Phi) is 12.8. The van der Waals surface area contributed by atoms with Gasteiger partial charge in [-0.1, -0.05) is 90.9 Å². The zero-order valence-electron chi connectivity index (χ0n) is 16.7. The zero-order chi connectivity index (χ0) is 18.3. The van der Waals surface area contributed by atoms with Crippen LogP contribution in [0.5, 0.6) is 0 Å². The molecule has 146 valence electrons. The number of rotatable bonds is 16. The molecule has 0 aromatic carbocycles. The van der Waals surface area contributed by atoms with Gasteiger partial charge in [0.25, 0.3) is 0 Å². The Morgan fingerprint density at radius 1 is 0.880 bits per heavy atom. The Balaban J connectivity index is 2.23. The lowest BCUT2D eigenvalue weighted by molar-refractivity contribution is -0.130. The lowest BCUT2D eigenvalue weighted by Crippen LogP contribution is -2.34. The van der Waals surface area contributed by atoms with Crippen molar-refractivity contribution >= 4 is 5.91 Å². The van der Waals surface area contributed by atoms with Crippen molar-refractivity contribution in [3.63, 3.8) is 0 Å². The molecule has 0 fully saturated rings. The molecule has 0 aromatic heterocycles. The van der Waals surface area contributed by atoms with E-state index in [0.29, 0.717) is 6.54 Å². The Morgan fingerprint density at radius 3 is 1.96 bits per heavy atom. The summed E-state index contributed by atoms with van der Waals surface area (Å²) >= 11 is 0. The van der Waals surface area contributed by atoms with Crippen LogP contribution in [0.2, 0.25) is 0 Å². The van der Waals surface area contributed by atoms with Crippen molar-refractivity contribution < 1.29 is 9.90 Å². The molecule has 1 aliphatic heterocycles. The molecule has 3 heteroatoms. The van der Waals surface area contributed by atoms with Gasteiger partial charge in [-0.2, -0.15) is 0 Å². The van der Waals surface area contributed by atoms with Crippen LogP contribution in [-0.4, -0.2) is 28.7 Å². The van der Waals surface area contributed by atoms with Gasteiger partial charge in [-0.05, 0) is 24.8 Å². The van der Waals surface area contributed by atoms with E-state index < -0.39 is 6.23 Å². The fourth-order valence-electron chi connectivity index (χ4n) is 3.80. The van der Waals surface area contributed by atoms with Crippen LogP contribution in [-0.2, 0) is 4.79 Å². The second kappa shape index (κ2) is 14.4. The largest absolute Gasteiger partial charge is 0.370 e. The maximum absolute atomic E-state index is 11.7. The first-order chi connectivity index (χ1) is 12.2. The van der Waals surface area contributed by atoms with Crippen molar-refractivity contribution in [2.45, 2.75) is 110 Å². The molecule has 2 atom stereocenters. The fourth-order valence-corrected chi connectivity index (χ4v) is 3.80. The monoisotopic (exact) mass is 351 g/mol. The van der Waals surface area contributed by atoms with Crippen LogP contribution in [0, 0.1) is 5.92 Å². The smallest absolute Gasteiger partial charge is 0.248 e. The van der Waals surface area contributed by atoms with Crippen LogP contribution in [0.3, 0.4) is 0 Å². The number of amides is 1. The van der Waals surface area contributed by atoms with Crippen LogP contribution in [0.15, 0.2) is 12.2 Å². The first-order valence-electron chi connectivity index (χ1n) is 10.9. The molecule has 0 radical (unpaired) electrons. The standard InChI is InChI=1S/C22H41NO2/c1-3-5-7-9-10-12-15-20(14-11-8-6-4-2)16-13-19-23-21(24)17-18-22(23)25/h17-18,20-21,24H,3-16,19H2,1-2H3. The molecule has 0 aliphatic carbocycles. The van der Waals surface area contributed by atoms with Crippen molar-refractivity contribution in [1.29, 1.82) is 0 Å². The summed E-state index contributed by atoms with van der Waals surface area (Å²) in [5.41, 5.74) is 0. The van der Waals surface area contributed by atoms with Crippen molar-refractivity contribution in [2.24, 2.45) is 5.92 Å². The fraction of sp³-hybridized carbons (Fsp3) is 0.864. The number of carbonyl (C=O) groups is 1. The molecule has 1 N–H and O–H groups in total. The molecule has 0 bridgehead atoms. The van der Waals surface area contributed by atoms with E-state index in [-0.39, 0.29) is 5.91 Å². The molecule has 0 spiro atoms. The highest BCUT2D eigenvalue weighted by Crippen LogP contribution is 2.24. The van der Waals surface area contributed by atoms with Gasteiger partial charge in [-0.15, -0.1) is 0 Å².